The second-order valence-corrected chi connectivity index (χ2v) is 4.79. The van der Waals surface area contributed by atoms with Gasteiger partial charge in [0.2, 0.25) is 4.21 Å². The highest BCUT2D eigenvalue weighted by Gasteiger charge is 2.15. The van der Waals surface area contributed by atoms with Gasteiger partial charge in [0.05, 0.1) is 6.07 Å². The fourth-order valence-electron chi connectivity index (χ4n) is 0.699. The molecule has 7 heteroatoms. The van der Waals surface area contributed by atoms with E-state index < -0.39 is 22.8 Å². The van der Waals surface area contributed by atoms with Gasteiger partial charge >= 0.3 is 6.03 Å². The summed E-state index contributed by atoms with van der Waals surface area (Å²) in [6.45, 7) is 0. The molecule has 0 saturated carbocycles. The van der Waals surface area contributed by atoms with Crippen LogP contribution in [0.1, 0.15) is 0 Å². The van der Waals surface area contributed by atoms with E-state index in [1.807, 2.05) is 0 Å². The van der Waals surface area contributed by atoms with Gasteiger partial charge in [0, 0.05) is 18.6 Å². The predicted molar refractivity (Wildman–Crippen MR) is 50.8 cm³/mol. The van der Waals surface area contributed by atoms with Gasteiger partial charge in [-0.3, -0.25) is 4.79 Å². The zero-order chi connectivity index (χ0) is 10.0. The minimum atomic E-state index is -1.22. The molecule has 0 aromatic carbocycles. The van der Waals surface area contributed by atoms with E-state index in [9.17, 15) is 14.1 Å². The number of nitrogens with one attached hydrogen (secondary N) is 1. The number of carbonyl (C=O) groups excluding carboxylic acids is 1. The first-order chi connectivity index (χ1) is 6.06. The minimum absolute atomic E-state index is 0.397. The first-order valence-electron chi connectivity index (χ1n) is 3.35. The van der Waals surface area contributed by atoms with E-state index in [1.165, 1.54) is 19.4 Å². The molecular weight excluding hydrogens is 212 g/mol. The molecule has 1 atom stereocenters. The van der Waals surface area contributed by atoms with Crippen LogP contribution in [0.3, 0.4) is 0 Å². The Hall–Kier alpha value is -0.790. The van der Waals surface area contributed by atoms with Crippen molar-refractivity contribution >= 4 is 28.7 Å². The lowest BCUT2D eigenvalue weighted by atomic mass is 10.7. The quantitative estimate of drug-likeness (QED) is 0.668. The van der Waals surface area contributed by atoms with Crippen molar-refractivity contribution in [3.05, 3.63) is 16.4 Å². The molecular formula is C6H8N2O3S2. The Balaban J connectivity index is 3.11. The number of aromatic nitrogens is 1. The summed E-state index contributed by atoms with van der Waals surface area (Å²) in [7, 11) is 1.43. The van der Waals surface area contributed by atoms with Crippen molar-refractivity contribution in [2.45, 2.75) is 4.21 Å². The molecule has 0 saturated heterocycles. The Kier molecular flexibility index (Phi) is 3.12. The second-order valence-electron chi connectivity index (χ2n) is 2.20. The number of carbonyl (C=O) groups is 1. The summed E-state index contributed by atoms with van der Waals surface area (Å²) in [6.07, 6.45) is 1.46. The van der Waals surface area contributed by atoms with Crippen LogP contribution >= 0.6 is 11.5 Å². The fourth-order valence-corrected chi connectivity index (χ4v) is 2.26. The van der Waals surface area contributed by atoms with Crippen molar-refractivity contribution in [2.24, 2.45) is 0 Å². The van der Waals surface area contributed by atoms with Crippen LogP contribution in [-0.4, -0.2) is 27.8 Å². The van der Waals surface area contributed by atoms with Crippen LogP contribution in [-0.2, 0) is 11.2 Å². The van der Waals surface area contributed by atoms with Crippen LogP contribution in [0.4, 0.5) is 4.79 Å². The van der Waals surface area contributed by atoms with E-state index in [0.29, 0.717) is 4.21 Å². The summed E-state index contributed by atoms with van der Waals surface area (Å²) in [4.78, 5) is 22.2. The summed E-state index contributed by atoms with van der Waals surface area (Å²) in [5.41, 5.74) is -0.449. The van der Waals surface area contributed by atoms with Gasteiger partial charge in [-0.05, 0) is 11.2 Å². The van der Waals surface area contributed by atoms with Crippen molar-refractivity contribution in [1.82, 2.24) is 9.27 Å². The Morgan fingerprint density at radius 3 is 2.77 bits per heavy atom. The lowest BCUT2D eigenvalue weighted by Gasteiger charge is -1.98. The average Bonchev–Trinajstić information content (AvgIpc) is 2.46. The van der Waals surface area contributed by atoms with E-state index >= 15 is 0 Å². The van der Waals surface area contributed by atoms with Gasteiger partial charge in [0.15, 0.2) is 0 Å². The van der Waals surface area contributed by atoms with Gasteiger partial charge in [0.1, 0.15) is 6.26 Å². The summed E-state index contributed by atoms with van der Waals surface area (Å²) in [5.74, 6) is 0. The van der Waals surface area contributed by atoms with Crippen molar-refractivity contribution in [2.75, 3.05) is 13.3 Å². The lowest BCUT2D eigenvalue weighted by molar-refractivity contribution is 0.246. The highest BCUT2D eigenvalue weighted by atomic mass is 32.2. The van der Waals surface area contributed by atoms with Gasteiger partial charge < -0.3 is 9.87 Å². The normalized spacial score (nSPS) is 12.5. The van der Waals surface area contributed by atoms with Crippen molar-refractivity contribution < 1.29 is 9.35 Å². The van der Waals surface area contributed by atoms with Crippen molar-refractivity contribution in [1.29, 1.82) is 0 Å². The Morgan fingerprint density at radius 2 is 2.38 bits per heavy atom. The average molecular weight is 220 g/mol. The van der Waals surface area contributed by atoms with Crippen LogP contribution in [0, 0.1) is 0 Å². The fraction of sp³-hybridized carbons (Fsp3) is 0.333. The first kappa shape index (κ1) is 10.3. The predicted octanol–water partition coefficient (Wildman–Crippen LogP) is -0.165. The maximum absolute atomic E-state index is 11.1. The molecule has 0 aliphatic carbocycles. The number of hydrogen-bond acceptors (Lipinski definition) is 4. The number of rotatable bonds is 1. The van der Waals surface area contributed by atoms with Crippen LogP contribution in [0.5, 0.6) is 0 Å². The summed E-state index contributed by atoms with van der Waals surface area (Å²) >= 11 is -0.327. The minimum Gasteiger partial charge on any atom is -0.611 e. The molecule has 1 amide bonds. The molecule has 1 aromatic heterocycles. The molecule has 0 aliphatic rings. The van der Waals surface area contributed by atoms with Gasteiger partial charge in [-0.2, -0.15) is 3.96 Å². The van der Waals surface area contributed by atoms with Crippen LogP contribution in [0.2, 0.25) is 0 Å². The molecule has 72 valence electrons. The van der Waals surface area contributed by atoms with E-state index in [2.05, 4.69) is 5.32 Å². The first-order valence-corrected chi connectivity index (χ1v) is 5.68. The Labute approximate surface area is 81.7 Å². The zero-order valence-electron chi connectivity index (χ0n) is 7.07. The molecule has 0 fully saturated rings. The van der Waals surface area contributed by atoms with E-state index in [0.717, 1.165) is 15.5 Å². The SMILES string of the molecule is CNC(=O)n1sc([S+](C)[O-])cc1=O. The molecule has 1 aromatic rings. The van der Waals surface area contributed by atoms with Gasteiger partial charge in [-0.25, -0.2) is 4.79 Å². The molecule has 1 rings (SSSR count). The van der Waals surface area contributed by atoms with E-state index in [1.54, 1.807) is 0 Å². The smallest absolute Gasteiger partial charge is 0.338 e. The monoisotopic (exact) mass is 220 g/mol. The summed E-state index contributed by atoms with van der Waals surface area (Å²) < 4.78 is 12.3. The van der Waals surface area contributed by atoms with Gasteiger partial charge in [-0.1, -0.05) is 0 Å². The van der Waals surface area contributed by atoms with Crippen molar-refractivity contribution in [3.8, 4) is 0 Å². The molecule has 1 heterocycles. The molecule has 0 bridgehead atoms. The van der Waals surface area contributed by atoms with Crippen molar-refractivity contribution in [3.63, 3.8) is 0 Å². The number of nitrogens with zero attached hydrogens (tertiary/aromatic N) is 1. The van der Waals surface area contributed by atoms with E-state index in [4.69, 9.17) is 0 Å². The third-order valence-corrected chi connectivity index (χ3v) is 3.74. The Bertz CT molecular complexity index is 368. The van der Waals surface area contributed by atoms with Gasteiger partial charge in [-0.15, -0.1) is 0 Å². The highest BCUT2D eigenvalue weighted by Crippen LogP contribution is 2.12. The molecule has 0 aliphatic heterocycles. The highest BCUT2D eigenvalue weighted by molar-refractivity contribution is 7.92. The van der Waals surface area contributed by atoms with Crippen LogP contribution < -0.4 is 10.9 Å². The summed E-state index contributed by atoms with van der Waals surface area (Å²) in [6, 6.07) is 0.697. The van der Waals surface area contributed by atoms with Gasteiger partial charge in [0.25, 0.3) is 5.56 Å². The van der Waals surface area contributed by atoms with Crippen LogP contribution in [0.15, 0.2) is 15.1 Å². The number of hydrogen-bond donors (Lipinski definition) is 1. The largest absolute Gasteiger partial charge is 0.611 e. The molecule has 13 heavy (non-hydrogen) atoms. The lowest BCUT2D eigenvalue weighted by Crippen LogP contribution is -2.29. The summed E-state index contributed by atoms with van der Waals surface area (Å²) in [5, 5.41) is 2.31. The molecule has 1 unspecified atom stereocenters. The molecule has 0 radical (unpaired) electrons. The topological polar surface area (TPSA) is 74.2 Å². The van der Waals surface area contributed by atoms with E-state index in [-0.39, 0.29) is 0 Å². The zero-order valence-corrected chi connectivity index (χ0v) is 8.70. The molecule has 5 nitrogen and oxygen atoms in total. The third kappa shape index (κ3) is 2.11. The number of amides is 1. The molecule has 1 N–H and O–H groups in total. The second kappa shape index (κ2) is 3.95. The maximum atomic E-state index is 11.1. The standard InChI is InChI=1S/C6H8N2O3S2/c1-7-6(10)8-4(9)3-5(12-8)13(2)11/h3H,1-2H3,(H,7,10). The molecule has 0 spiro atoms. The third-order valence-electron chi connectivity index (χ3n) is 1.30. The van der Waals surface area contributed by atoms with Crippen LogP contribution in [0.25, 0.3) is 0 Å². The Morgan fingerprint density at radius 1 is 1.77 bits per heavy atom. The maximum Gasteiger partial charge on any atom is 0.338 e.